The number of phosphoric acid groups is 1. The summed E-state index contributed by atoms with van der Waals surface area (Å²) in [5.41, 5.74) is 0. The van der Waals surface area contributed by atoms with Crippen LogP contribution in [0.3, 0.4) is 0 Å². The molecular formula is C30H65CaO4P. The van der Waals surface area contributed by atoms with Gasteiger partial charge in [0.2, 0.25) is 0 Å². The molecule has 0 aromatic rings. The third-order valence-corrected chi connectivity index (χ3v) is 7.78. The summed E-state index contributed by atoms with van der Waals surface area (Å²) in [4.78, 5) is 17.2. The minimum atomic E-state index is -4.27. The summed E-state index contributed by atoms with van der Waals surface area (Å²) >= 11 is 0. The summed E-state index contributed by atoms with van der Waals surface area (Å²) in [6.45, 7) is 2.46. The van der Waals surface area contributed by atoms with E-state index < -0.39 is 7.82 Å². The van der Waals surface area contributed by atoms with Crippen LogP contribution in [0.5, 0.6) is 0 Å². The summed E-state index contributed by atoms with van der Waals surface area (Å²) in [6, 6.07) is 0. The molecule has 0 spiro atoms. The predicted molar refractivity (Wildman–Crippen MR) is 161 cm³/mol. The van der Waals surface area contributed by atoms with Crippen LogP contribution in [0, 0.1) is 0 Å². The van der Waals surface area contributed by atoms with Crippen molar-refractivity contribution in [3.05, 3.63) is 0 Å². The van der Waals surface area contributed by atoms with Gasteiger partial charge in [0.25, 0.3) is 0 Å². The second kappa shape index (κ2) is 32.6. The third-order valence-electron chi connectivity index (χ3n) is 7.26. The fourth-order valence-electron chi connectivity index (χ4n) is 4.95. The van der Waals surface area contributed by atoms with Gasteiger partial charge < -0.3 is 9.79 Å². The van der Waals surface area contributed by atoms with Crippen LogP contribution in [0.25, 0.3) is 0 Å². The van der Waals surface area contributed by atoms with Crippen LogP contribution >= 0.6 is 7.82 Å². The summed E-state index contributed by atoms with van der Waals surface area (Å²) in [6.07, 6.45) is 38.4. The molecule has 0 unspecified atom stereocenters. The Hall–Kier alpha value is 1.37. The first-order valence-corrected chi connectivity index (χ1v) is 17.3. The second-order valence-electron chi connectivity index (χ2n) is 10.9. The molecule has 0 radical (unpaired) electrons. The van der Waals surface area contributed by atoms with E-state index in [9.17, 15) is 4.57 Å². The van der Waals surface area contributed by atoms with Gasteiger partial charge in [-0.2, -0.15) is 0 Å². The molecule has 0 fully saturated rings. The van der Waals surface area contributed by atoms with Crippen molar-refractivity contribution in [2.45, 2.75) is 187 Å². The molecule has 0 aliphatic heterocycles. The van der Waals surface area contributed by atoms with Gasteiger partial charge in [-0.3, -0.25) is 4.52 Å². The van der Waals surface area contributed by atoms with Crippen molar-refractivity contribution in [2.75, 3.05) is 6.61 Å². The van der Waals surface area contributed by atoms with Crippen LogP contribution in [0.2, 0.25) is 0 Å². The minimum absolute atomic E-state index is 0. The first-order chi connectivity index (χ1) is 17.1. The number of hydrogen-bond acceptors (Lipinski definition) is 2. The van der Waals surface area contributed by atoms with E-state index in [2.05, 4.69) is 11.4 Å². The van der Waals surface area contributed by atoms with Crippen molar-refractivity contribution in [2.24, 2.45) is 0 Å². The van der Waals surface area contributed by atoms with E-state index in [1.165, 1.54) is 161 Å². The molecule has 0 aromatic carbocycles. The van der Waals surface area contributed by atoms with Crippen molar-refractivity contribution in [1.29, 1.82) is 0 Å². The van der Waals surface area contributed by atoms with Crippen LogP contribution in [0.4, 0.5) is 0 Å². The van der Waals surface area contributed by atoms with E-state index in [0.717, 1.165) is 19.3 Å². The standard InChI is InChI=1S/C30H63O4P.Ca.2H/c1-2-3-4-5-6-7-8-9-10-11-12-13-14-15-16-17-18-19-20-21-22-23-24-25-26-27-28-29-30-34-35(31,32)33;;;/h2-30H2,1H3,(H2,31,32,33);;;. The molecular weight excluding hydrogens is 495 g/mol. The average Bonchev–Trinajstić information content (AvgIpc) is 2.82. The molecule has 0 amide bonds. The Balaban J connectivity index is 0. The Morgan fingerprint density at radius 3 is 0.806 bits per heavy atom. The van der Waals surface area contributed by atoms with Gasteiger partial charge in [0.15, 0.2) is 0 Å². The molecule has 6 heteroatoms. The molecule has 0 atom stereocenters. The fourth-order valence-corrected chi connectivity index (χ4v) is 5.32. The number of rotatable bonds is 30. The predicted octanol–water partition coefficient (Wildman–Crippen LogP) is 10.1. The van der Waals surface area contributed by atoms with Crippen LogP contribution in [0.1, 0.15) is 187 Å². The van der Waals surface area contributed by atoms with Crippen molar-refractivity contribution < 1.29 is 18.9 Å². The molecule has 36 heavy (non-hydrogen) atoms. The van der Waals surface area contributed by atoms with Gasteiger partial charge >= 0.3 is 45.6 Å². The summed E-state index contributed by atoms with van der Waals surface area (Å²) < 4.78 is 15.0. The van der Waals surface area contributed by atoms with Gasteiger partial charge in [-0.1, -0.05) is 180 Å². The van der Waals surface area contributed by atoms with Crippen LogP contribution in [-0.4, -0.2) is 54.1 Å². The van der Waals surface area contributed by atoms with Gasteiger partial charge in [-0.05, 0) is 6.42 Å². The van der Waals surface area contributed by atoms with Gasteiger partial charge in [0.1, 0.15) is 0 Å². The van der Waals surface area contributed by atoms with E-state index >= 15 is 0 Å². The third kappa shape index (κ3) is 37.5. The molecule has 0 saturated heterocycles. The summed E-state index contributed by atoms with van der Waals surface area (Å²) in [7, 11) is -4.27. The summed E-state index contributed by atoms with van der Waals surface area (Å²) in [5.74, 6) is 0. The van der Waals surface area contributed by atoms with Crippen LogP contribution in [-0.2, 0) is 9.09 Å². The molecule has 0 bridgehead atoms. The number of phosphoric ester groups is 1. The molecule has 216 valence electrons. The van der Waals surface area contributed by atoms with E-state index in [1.54, 1.807) is 0 Å². The zero-order chi connectivity index (χ0) is 25.7. The first kappa shape index (κ1) is 39.5. The first-order valence-electron chi connectivity index (χ1n) is 15.8. The quantitative estimate of drug-likeness (QED) is 0.0521. The zero-order valence-corrected chi connectivity index (χ0v) is 24.6. The van der Waals surface area contributed by atoms with Crippen molar-refractivity contribution in [3.8, 4) is 0 Å². The normalized spacial score (nSPS) is 11.6. The molecule has 0 aliphatic carbocycles. The van der Waals surface area contributed by atoms with Crippen molar-refractivity contribution in [1.82, 2.24) is 0 Å². The Bertz CT molecular complexity index is 445. The second-order valence-corrected chi connectivity index (χ2v) is 12.1. The Kier molecular flexibility index (Phi) is 35.8. The van der Waals surface area contributed by atoms with Gasteiger partial charge in [-0.15, -0.1) is 0 Å². The maximum absolute atomic E-state index is 10.6. The van der Waals surface area contributed by atoms with Crippen LogP contribution in [0.15, 0.2) is 0 Å². The molecule has 2 N–H and O–H groups in total. The molecule has 4 nitrogen and oxygen atoms in total. The number of hydrogen-bond donors (Lipinski definition) is 2. The average molecular weight is 561 g/mol. The van der Waals surface area contributed by atoms with Crippen molar-refractivity contribution >= 4 is 45.6 Å². The van der Waals surface area contributed by atoms with Gasteiger partial charge in [0.05, 0.1) is 6.61 Å². The molecule has 0 aliphatic rings. The number of unbranched alkanes of at least 4 members (excludes halogenated alkanes) is 27. The Labute approximate surface area is 256 Å². The van der Waals surface area contributed by atoms with Crippen molar-refractivity contribution in [3.63, 3.8) is 0 Å². The Morgan fingerprint density at radius 1 is 0.417 bits per heavy atom. The van der Waals surface area contributed by atoms with Gasteiger partial charge in [0, 0.05) is 0 Å². The topological polar surface area (TPSA) is 66.8 Å². The SMILES string of the molecule is CCCCCCCCCCCCCCCCCCCCCCCCCCCCCCOP(=O)(O)O.[CaH2]. The summed E-state index contributed by atoms with van der Waals surface area (Å²) in [5, 5.41) is 0. The van der Waals surface area contributed by atoms with E-state index in [-0.39, 0.29) is 44.3 Å². The molecule has 0 aromatic heterocycles. The zero-order valence-electron chi connectivity index (χ0n) is 23.7. The monoisotopic (exact) mass is 560 g/mol. The van der Waals surface area contributed by atoms with Gasteiger partial charge in [-0.25, -0.2) is 4.57 Å². The molecule has 0 saturated carbocycles. The maximum atomic E-state index is 10.6. The molecule has 0 rings (SSSR count). The van der Waals surface area contributed by atoms with E-state index in [4.69, 9.17) is 9.79 Å². The van der Waals surface area contributed by atoms with Crippen LogP contribution < -0.4 is 0 Å². The van der Waals surface area contributed by atoms with E-state index in [0.29, 0.717) is 0 Å². The Morgan fingerprint density at radius 2 is 0.611 bits per heavy atom. The van der Waals surface area contributed by atoms with E-state index in [1.807, 2.05) is 0 Å². The fraction of sp³-hybridized carbons (Fsp3) is 1.00. The molecule has 0 heterocycles.